The maximum Gasteiger partial charge on any atom is 0.339 e. The fourth-order valence-electron chi connectivity index (χ4n) is 1.14. The number of rotatable bonds is 1. The molecule has 0 saturated heterocycles. The number of hydrogen-bond acceptors (Lipinski definition) is 5. The average Bonchev–Trinajstić information content (AvgIpc) is 2.62. The standard InChI is InChI=1S/C8H6N2O3S.ClH/c1-13-8(12)4-2-14-7-5(4)6(11)9-3-10-7;/h2-3H,1H3,(H,9,10,11);1H. The molecule has 2 aromatic rings. The molecule has 80 valence electrons. The number of halogens is 1. The fraction of sp³-hybridized carbons (Fsp3) is 0.125. The van der Waals surface area contributed by atoms with Gasteiger partial charge in [-0.05, 0) is 0 Å². The minimum atomic E-state index is -0.519. The van der Waals surface area contributed by atoms with Gasteiger partial charge in [-0.3, -0.25) is 4.79 Å². The van der Waals surface area contributed by atoms with Gasteiger partial charge >= 0.3 is 5.97 Å². The first-order valence-electron chi connectivity index (χ1n) is 3.77. The van der Waals surface area contributed by atoms with Crippen molar-refractivity contribution in [3.8, 4) is 0 Å². The molecule has 0 amide bonds. The molecule has 2 rings (SSSR count). The lowest BCUT2D eigenvalue weighted by Gasteiger charge is -1.94. The number of fused-ring (bicyclic) bond motifs is 1. The number of thiophene rings is 1. The van der Waals surface area contributed by atoms with E-state index in [-0.39, 0.29) is 23.5 Å². The third-order valence-corrected chi connectivity index (χ3v) is 2.67. The smallest absolute Gasteiger partial charge is 0.339 e. The molecule has 1 N–H and O–H groups in total. The predicted octanol–water partition coefficient (Wildman–Crippen LogP) is 1.19. The summed E-state index contributed by atoms with van der Waals surface area (Å²) in [5.41, 5.74) is -0.0569. The van der Waals surface area contributed by atoms with Gasteiger partial charge in [0.25, 0.3) is 5.56 Å². The number of carbonyl (C=O) groups is 1. The fourth-order valence-corrected chi connectivity index (χ4v) is 2.02. The summed E-state index contributed by atoms with van der Waals surface area (Å²) in [4.78, 5) is 29.5. The van der Waals surface area contributed by atoms with Crippen LogP contribution in [-0.4, -0.2) is 23.0 Å². The van der Waals surface area contributed by atoms with Gasteiger partial charge in [0.2, 0.25) is 0 Å². The van der Waals surface area contributed by atoms with Crippen molar-refractivity contribution in [1.29, 1.82) is 0 Å². The molecule has 0 aliphatic carbocycles. The van der Waals surface area contributed by atoms with Crippen molar-refractivity contribution in [2.24, 2.45) is 0 Å². The summed E-state index contributed by atoms with van der Waals surface area (Å²) in [5, 5.41) is 1.86. The molecule has 0 saturated carbocycles. The van der Waals surface area contributed by atoms with Gasteiger partial charge in [0, 0.05) is 5.38 Å². The summed E-state index contributed by atoms with van der Waals surface area (Å²) in [6, 6.07) is 0. The van der Waals surface area contributed by atoms with E-state index in [1.54, 1.807) is 5.38 Å². The van der Waals surface area contributed by atoms with Crippen molar-refractivity contribution < 1.29 is 9.53 Å². The van der Waals surface area contributed by atoms with Gasteiger partial charge in [0.15, 0.2) is 0 Å². The highest BCUT2D eigenvalue weighted by Gasteiger charge is 2.15. The largest absolute Gasteiger partial charge is 0.465 e. The molecule has 0 bridgehead atoms. The first-order chi connectivity index (χ1) is 6.74. The Balaban J connectivity index is 0.00000112. The van der Waals surface area contributed by atoms with Crippen molar-refractivity contribution in [2.45, 2.75) is 0 Å². The van der Waals surface area contributed by atoms with Crippen LogP contribution in [0.1, 0.15) is 10.4 Å². The highest BCUT2D eigenvalue weighted by Crippen LogP contribution is 2.20. The van der Waals surface area contributed by atoms with E-state index in [4.69, 9.17) is 0 Å². The molecular formula is C8H7ClN2O3S. The van der Waals surface area contributed by atoms with Crippen molar-refractivity contribution in [1.82, 2.24) is 9.97 Å². The number of esters is 1. The number of aromatic nitrogens is 2. The average molecular weight is 247 g/mol. The van der Waals surface area contributed by atoms with Crippen molar-refractivity contribution in [3.63, 3.8) is 0 Å². The van der Waals surface area contributed by atoms with Gasteiger partial charge in [0.1, 0.15) is 4.83 Å². The Morgan fingerprint density at radius 1 is 1.60 bits per heavy atom. The zero-order valence-corrected chi connectivity index (χ0v) is 9.28. The Morgan fingerprint density at radius 3 is 3.00 bits per heavy atom. The van der Waals surface area contributed by atoms with Crippen LogP contribution in [0.2, 0.25) is 0 Å². The Kier molecular flexibility index (Phi) is 3.43. The number of carbonyl (C=O) groups excluding carboxylic acids is 1. The zero-order valence-electron chi connectivity index (χ0n) is 7.64. The van der Waals surface area contributed by atoms with Crippen molar-refractivity contribution >= 4 is 39.9 Å². The van der Waals surface area contributed by atoms with Gasteiger partial charge in [-0.2, -0.15) is 0 Å². The minimum Gasteiger partial charge on any atom is -0.465 e. The van der Waals surface area contributed by atoms with Crippen LogP contribution in [0.5, 0.6) is 0 Å². The van der Waals surface area contributed by atoms with E-state index in [2.05, 4.69) is 14.7 Å². The summed E-state index contributed by atoms with van der Waals surface area (Å²) in [5.74, 6) is -0.519. The predicted molar refractivity (Wildman–Crippen MR) is 58.8 cm³/mol. The van der Waals surface area contributed by atoms with Crippen LogP contribution < -0.4 is 5.56 Å². The van der Waals surface area contributed by atoms with Crippen LogP contribution in [0.25, 0.3) is 10.2 Å². The van der Waals surface area contributed by atoms with E-state index >= 15 is 0 Å². The van der Waals surface area contributed by atoms with Gasteiger partial charge in [0.05, 0.1) is 24.4 Å². The number of nitrogens with zero attached hydrogens (tertiary/aromatic N) is 1. The molecule has 0 unspecified atom stereocenters. The van der Waals surface area contributed by atoms with Crippen LogP contribution in [-0.2, 0) is 4.74 Å². The summed E-state index contributed by atoms with van der Waals surface area (Å²) >= 11 is 1.24. The molecule has 0 atom stereocenters. The lowest BCUT2D eigenvalue weighted by Crippen LogP contribution is -2.10. The topological polar surface area (TPSA) is 72.0 Å². The quantitative estimate of drug-likeness (QED) is 0.768. The normalized spacial score (nSPS) is 9.67. The molecule has 15 heavy (non-hydrogen) atoms. The van der Waals surface area contributed by atoms with E-state index in [1.807, 2.05) is 0 Å². The van der Waals surface area contributed by atoms with Crippen molar-refractivity contribution in [2.75, 3.05) is 7.11 Å². The Bertz CT molecular complexity index is 548. The summed E-state index contributed by atoms with van der Waals surface area (Å²) < 4.78 is 4.54. The third-order valence-electron chi connectivity index (χ3n) is 1.78. The summed E-state index contributed by atoms with van der Waals surface area (Å²) in [6.45, 7) is 0. The monoisotopic (exact) mass is 246 g/mol. The minimum absolute atomic E-state index is 0. The number of hydrogen-bond donors (Lipinski definition) is 1. The zero-order chi connectivity index (χ0) is 10.1. The molecule has 2 aromatic heterocycles. The SMILES string of the molecule is COC(=O)c1csc2nc[nH]c(=O)c12.Cl. The number of methoxy groups -OCH3 is 1. The van der Waals surface area contributed by atoms with Crippen LogP contribution in [0.15, 0.2) is 16.5 Å². The molecule has 0 aromatic carbocycles. The highest BCUT2D eigenvalue weighted by atomic mass is 35.5. The second-order valence-corrected chi connectivity index (χ2v) is 3.41. The van der Waals surface area contributed by atoms with Gasteiger partial charge in [-0.15, -0.1) is 23.7 Å². The van der Waals surface area contributed by atoms with Crippen LogP contribution in [0.3, 0.4) is 0 Å². The lowest BCUT2D eigenvalue weighted by atomic mass is 10.2. The molecule has 5 nitrogen and oxygen atoms in total. The number of ether oxygens (including phenoxy) is 1. The van der Waals surface area contributed by atoms with E-state index in [1.165, 1.54) is 24.8 Å². The first kappa shape index (κ1) is 11.7. The molecule has 7 heteroatoms. The van der Waals surface area contributed by atoms with Crippen LogP contribution in [0.4, 0.5) is 0 Å². The highest BCUT2D eigenvalue weighted by molar-refractivity contribution is 7.17. The molecule has 0 spiro atoms. The van der Waals surface area contributed by atoms with E-state index in [0.717, 1.165) is 0 Å². The first-order valence-corrected chi connectivity index (χ1v) is 4.65. The molecule has 0 radical (unpaired) electrons. The van der Waals surface area contributed by atoms with E-state index in [0.29, 0.717) is 10.2 Å². The van der Waals surface area contributed by atoms with Crippen LogP contribution in [0, 0.1) is 0 Å². The molecule has 0 aliphatic rings. The van der Waals surface area contributed by atoms with Crippen molar-refractivity contribution in [3.05, 3.63) is 27.6 Å². The Morgan fingerprint density at radius 2 is 2.33 bits per heavy atom. The maximum atomic E-state index is 11.4. The van der Waals surface area contributed by atoms with Gasteiger partial charge in [-0.25, -0.2) is 9.78 Å². The van der Waals surface area contributed by atoms with E-state index < -0.39 is 5.97 Å². The second kappa shape index (κ2) is 4.41. The Labute approximate surface area is 94.5 Å². The molecule has 0 aliphatic heterocycles. The maximum absolute atomic E-state index is 11.4. The summed E-state index contributed by atoms with van der Waals surface area (Å²) in [7, 11) is 1.27. The summed E-state index contributed by atoms with van der Waals surface area (Å²) in [6.07, 6.45) is 1.31. The van der Waals surface area contributed by atoms with Gasteiger partial charge in [-0.1, -0.05) is 0 Å². The van der Waals surface area contributed by atoms with Gasteiger partial charge < -0.3 is 9.72 Å². The molecule has 2 heterocycles. The number of H-pyrrole nitrogens is 1. The molecular weight excluding hydrogens is 240 g/mol. The number of nitrogens with one attached hydrogen (secondary N) is 1. The second-order valence-electron chi connectivity index (χ2n) is 2.55. The van der Waals surface area contributed by atoms with Crippen LogP contribution >= 0.6 is 23.7 Å². The molecule has 0 fully saturated rings. The lowest BCUT2D eigenvalue weighted by molar-refractivity contribution is 0.0603. The van der Waals surface area contributed by atoms with E-state index in [9.17, 15) is 9.59 Å². The number of aromatic amines is 1. The Hall–Kier alpha value is -1.40. The third kappa shape index (κ3) is 1.86.